The molecule has 1 aliphatic rings. The summed E-state index contributed by atoms with van der Waals surface area (Å²) in [5.74, 6) is -0.165. The summed E-state index contributed by atoms with van der Waals surface area (Å²) in [5, 5.41) is 6.64. The maximum atomic E-state index is 14.0. The summed E-state index contributed by atoms with van der Waals surface area (Å²) in [6, 6.07) is 6.10. The van der Waals surface area contributed by atoms with Crippen LogP contribution < -0.4 is 15.5 Å². The second-order valence-electron chi connectivity index (χ2n) is 5.20. The van der Waals surface area contributed by atoms with Crippen molar-refractivity contribution >= 4 is 11.4 Å². The zero-order chi connectivity index (χ0) is 13.1. The van der Waals surface area contributed by atoms with Crippen LogP contribution >= 0.6 is 0 Å². The van der Waals surface area contributed by atoms with E-state index < -0.39 is 0 Å². The van der Waals surface area contributed by atoms with Gasteiger partial charge in [-0.25, -0.2) is 4.39 Å². The minimum absolute atomic E-state index is 0.165. The second kappa shape index (κ2) is 5.57. The van der Waals surface area contributed by atoms with Crippen molar-refractivity contribution in [2.24, 2.45) is 0 Å². The van der Waals surface area contributed by atoms with Gasteiger partial charge < -0.3 is 15.5 Å². The highest BCUT2D eigenvalue weighted by Gasteiger charge is 2.15. The average Bonchev–Trinajstić information content (AvgIpc) is 2.81. The maximum Gasteiger partial charge on any atom is 0.148 e. The van der Waals surface area contributed by atoms with Crippen LogP contribution in [-0.4, -0.2) is 32.2 Å². The summed E-state index contributed by atoms with van der Waals surface area (Å²) in [7, 11) is 1.91. The van der Waals surface area contributed by atoms with Gasteiger partial charge in [-0.05, 0) is 45.0 Å². The summed E-state index contributed by atoms with van der Waals surface area (Å²) in [6.45, 7) is 6.09. The number of rotatable bonds is 4. The molecule has 0 amide bonds. The van der Waals surface area contributed by atoms with Crippen molar-refractivity contribution in [1.29, 1.82) is 0 Å². The molecule has 0 aromatic heterocycles. The van der Waals surface area contributed by atoms with Gasteiger partial charge in [-0.15, -0.1) is 0 Å². The fourth-order valence-corrected chi connectivity index (χ4v) is 2.17. The lowest BCUT2D eigenvalue weighted by molar-refractivity contribution is 0.613. The molecule has 100 valence electrons. The van der Waals surface area contributed by atoms with Gasteiger partial charge >= 0.3 is 0 Å². The Balaban J connectivity index is 2.09. The van der Waals surface area contributed by atoms with E-state index in [4.69, 9.17) is 0 Å². The van der Waals surface area contributed by atoms with E-state index in [2.05, 4.69) is 24.5 Å². The Bertz CT molecular complexity index is 400. The van der Waals surface area contributed by atoms with Crippen molar-refractivity contribution < 1.29 is 4.39 Å². The third-order valence-electron chi connectivity index (χ3n) is 3.53. The van der Waals surface area contributed by atoms with Crippen LogP contribution in [0.1, 0.15) is 20.3 Å². The first kappa shape index (κ1) is 13.1. The summed E-state index contributed by atoms with van der Waals surface area (Å²) in [4.78, 5) is 1.94. The smallest absolute Gasteiger partial charge is 0.148 e. The zero-order valence-electron chi connectivity index (χ0n) is 11.3. The molecule has 1 fully saturated rings. The lowest BCUT2D eigenvalue weighted by Gasteiger charge is -2.24. The number of benzene rings is 1. The molecule has 1 unspecified atom stereocenters. The van der Waals surface area contributed by atoms with Gasteiger partial charge in [0.15, 0.2) is 0 Å². The normalized spacial score (nSPS) is 19.3. The lowest BCUT2D eigenvalue weighted by Crippen LogP contribution is -2.26. The number of nitrogens with one attached hydrogen (secondary N) is 2. The van der Waals surface area contributed by atoms with Crippen LogP contribution in [0.25, 0.3) is 0 Å². The van der Waals surface area contributed by atoms with Gasteiger partial charge in [0.2, 0.25) is 0 Å². The number of hydrogen-bond acceptors (Lipinski definition) is 3. The minimum atomic E-state index is -0.165. The molecular weight excluding hydrogens is 229 g/mol. The fraction of sp³-hybridized carbons (Fsp3) is 0.571. The standard InChI is InChI=1S/C14H22FN3/c1-10(2)18(3)14-5-4-11(8-13(14)15)17-12-6-7-16-9-12/h4-5,8,10,12,16-17H,6-7,9H2,1-3H3. The minimum Gasteiger partial charge on any atom is -0.381 e. The molecule has 1 aromatic rings. The average molecular weight is 251 g/mol. The van der Waals surface area contributed by atoms with Crippen molar-refractivity contribution in [2.45, 2.75) is 32.4 Å². The third-order valence-corrected chi connectivity index (χ3v) is 3.53. The monoisotopic (exact) mass is 251 g/mol. The number of hydrogen-bond donors (Lipinski definition) is 2. The highest BCUT2D eigenvalue weighted by Crippen LogP contribution is 2.24. The van der Waals surface area contributed by atoms with Gasteiger partial charge in [-0.1, -0.05) is 0 Å². The Morgan fingerprint density at radius 2 is 2.22 bits per heavy atom. The predicted octanol–water partition coefficient (Wildman–Crippen LogP) is 2.44. The molecule has 1 heterocycles. The Morgan fingerprint density at radius 1 is 1.44 bits per heavy atom. The van der Waals surface area contributed by atoms with Crippen LogP contribution in [0, 0.1) is 5.82 Å². The molecule has 1 aromatic carbocycles. The Labute approximate surface area is 108 Å². The van der Waals surface area contributed by atoms with Gasteiger partial charge in [-0.3, -0.25) is 0 Å². The molecule has 4 heteroatoms. The lowest BCUT2D eigenvalue weighted by atomic mass is 10.2. The third kappa shape index (κ3) is 2.93. The molecule has 0 spiro atoms. The molecule has 2 N–H and O–H groups in total. The summed E-state index contributed by atoms with van der Waals surface area (Å²) >= 11 is 0. The highest BCUT2D eigenvalue weighted by atomic mass is 19.1. The molecule has 2 rings (SSSR count). The molecule has 1 aliphatic heterocycles. The van der Waals surface area contributed by atoms with E-state index in [0.29, 0.717) is 11.7 Å². The molecule has 1 saturated heterocycles. The van der Waals surface area contributed by atoms with Gasteiger partial charge in [0.1, 0.15) is 5.82 Å². The van der Waals surface area contributed by atoms with Crippen LogP contribution in [0.4, 0.5) is 15.8 Å². The van der Waals surface area contributed by atoms with Gasteiger partial charge in [0.05, 0.1) is 5.69 Å². The van der Waals surface area contributed by atoms with Crippen LogP contribution in [0.2, 0.25) is 0 Å². The van der Waals surface area contributed by atoms with Crippen molar-refractivity contribution in [3.8, 4) is 0 Å². The maximum absolute atomic E-state index is 14.0. The molecular formula is C14H22FN3. The largest absolute Gasteiger partial charge is 0.381 e. The van der Waals surface area contributed by atoms with E-state index in [-0.39, 0.29) is 11.9 Å². The summed E-state index contributed by atoms with van der Waals surface area (Å²) in [6.07, 6.45) is 1.09. The van der Waals surface area contributed by atoms with Gasteiger partial charge in [0.25, 0.3) is 0 Å². The topological polar surface area (TPSA) is 27.3 Å². The Morgan fingerprint density at radius 3 is 2.78 bits per heavy atom. The van der Waals surface area contributed by atoms with E-state index in [1.54, 1.807) is 6.07 Å². The van der Waals surface area contributed by atoms with Crippen LogP contribution in [0.5, 0.6) is 0 Å². The zero-order valence-corrected chi connectivity index (χ0v) is 11.3. The van der Waals surface area contributed by atoms with Crippen molar-refractivity contribution in [2.75, 3.05) is 30.4 Å². The first-order valence-corrected chi connectivity index (χ1v) is 6.57. The molecule has 0 saturated carbocycles. The predicted molar refractivity (Wildman–Crippen MR) is 74.8 cm³/mol. The van der Waals surface area contributed by atoms with E-state index in [9.17, 15) is 4.39 Å². The second-order valence-corrected chi connectivity index (χ2v) is 5.20. The highest BCUT2D eigenvalue weighted by molar-refractivity contribution is 5.56. The molecule has 3 nitrogen and oxygen atoms in total. The molecule has 1 atom stereocenters. The van der Waals surface area contributed by atoms with Crippen molar-refractivity contribution in [1.82, 2.24) is 5.32 Å². The molecule has 0 aliphatic carbocycles. The Hall–Kier alpha value is -1.29. The molecule has 18 heavy (non-hydrogen) atoms. The van der Waals surface area contributed by atoms with E-state index >= 15 is 0 Å². The van der Waals surface area contributed by atoms with Crippen molar-refractivity contribution in [3.05, 3.63) is 24.0 Å². The van der Waals surface area contributed by atoms with Crippen molar-refractivity contribution in [3.63, 3.8) is 0 Å². The van der Waals surface area contributed by atoms with E-state index in [1.807, 2.05) is 24.1 Å². The number of nitrogens with zero attached hydrogens (tertiary/aromatic N) is 1. The van der Waals surface area contributed by atoms with Crippen LogP contribution in [-0.2, 0) is 0 Å². The first-order chi connectivity index (χ1) is 8.58. The SMILES string of the molecule is CC(C)N(C)c1ccc(NC2CCNC2)cc1F. The summed E-state index contributed by atoms with van der Waals surface area (Å²) in [5.41, 5.74) is 1.52. The van der Waals surface area contributed by atoms with Gasteiger partial charge in [-0.2, -0.15) is 0 Å². The fourth-order valence-electron chi connectivity index (χ4n) is 2.17. The summed E-state index contributed by atoms with van der Waals surface area (Å²) < 4.78 is 14.0. The van der Waals surface area contributed by atoms with E-state index in [0.717, 1.165) is 25.2 Å². The Kier molecular flexibility index (Phi) is 4.07. The number of anilines is 2. The number of halogens is 1. The molecule has 0 radical (unpaired) electrons. The van der Waals surface area contributed by atoms with Crippen LogP contribution in [0.15, 0.2) is 18.2 Å². The first-order valence-electron chi connectivity index (χ1n) is 6.57. The van der Waals surface area contributed by atoms with E-state index in [1.165, 1.54) is 0 Å². The quantitative estimate of drug-likeness (QED) is 0.860. The van der Waals surface area contributed by atoms with Crippen LogP contribution in [0.3, 0.4) is 0 Å². The molecule has 0 bridgehead atoms. The van der Waals surface area contributed by atoms with Gasteiger partial charge in [0, 0.05) is 31.4 Å².